The third-order valence-corrected chi connectivity index (χ3v) is 8.71. The van der Waals surface area contributed by atoms with Crippen LogP contribution in [0.15, 0.2) is 62.9 Å². The van der Waals surface area contributed by atoms with Gasteiger partial charge in [-0.1, -0.05) is 64.1 Å². The van der Waals surface area contributed by atoms with E-state index >= 15 is 0 Å². The molecule has 3 aromatic carbocycles. The first-order chi connectivity index (χ1) is 18.0. The van der Waals surface area contributed by atoms with E-state index in [0.29, 0.717) is 0 Å². The molecule has 0 saturated heterocycles. The molecule has 0 N–H and O–H groups in total. The minimum absolute atomic E-state index is 0.0263. The van der Waals surface area contributed by atoms with E-state index in [-0.39, 0.29) is 33.4 Å². The van der Waals surface area contributed by atoms with Gasteiger partial charge in [0.1, 0.15) is 0 Å². The fraction of sp³-hybridized carbons (Fsp3) is 0.424. The average molecular weight is 511 g/mol. The predicted octanol–water partition coefficient (Wildman–Crippen LogP) is 3.36. The minimum atomic E-state index is -0.674. The third kappa shape index (κ3) is 4.13. The highest BCUT2D eigenvalue weighted by molar-refractivity contribution is 5.64. The van der Waals surface area contributed by atoms with Crippen molar-refractivity contribution in [2.75, 3.05) is 22.9 Å². The first-order valence-electron chi connectivity index (χ1n) is 13.8. The monoisotopic (exact) mass is 510 g/mol. The summed E-state index contributed by atoms with van der Waals surface area (Å²) < 4.78 is 0. The summed E-state index contributed by atoms with van der Waals surface area (Å²) in [6, 6.07) is 16.4. The van der Waals surface area contributed by atoms with Crippen LogP contribution in [0.25, 0.3) is 12.2 Å². The number of nitrogens with zero attached hydrogens (tertiary/aromatic N) is 2. The Kier molecular flexibility index (Phi) is 6.45. The van der Waals surface area contributed by atoms with Gasteiger partial charge in [0.05, 0.1) is 10.4 Å². The van der Waals surface area contributed by atoms with Crippen molar-refractivity contribution in [1.82, 2.24) is 0 Å². The van der Waals surface area contributed by atoms with E-state index in [4.69, 9.17) is 0 Å². The van der Waals surface area contributed by atoms with Crippen molar-refractivity contribution in [3.63, 3.8) is 0 Å². The summed E-state index contributed by atoms with van der Waals surface area (Å²) in [4.78, 5) is 44.6. The molecule has 5 heteroatoms. The van der Waals surface area contributed by atoms with E-state index in [1.54, 1.807) is 12.2 Å². The maximum Gasteiger partial charge on any atom is 0.237 e. The van der Waals surface area contributed by atoms with E-state index in [9.17, 15) is 14.4 Å². The maximum atomic E-state index is 13.7. The lowest BCUT2D eigenvalue weighted by molar-refractivity contribution is 0.425. The number of fused-ring (bicyclic) bond motifs is 2. The zero-order valence-electron chi connectivity index (χ0n) is 23.4. The normalized spacial score (nSPS) is 22.9. The molecule has 0 amide bonds. The molecule has 0 bridgehead atoms. The van der Waals surface area contributed by atoms with Gasteiger partial charge in [-0.15, -0.1) is 0 Å². The molecule has 2 aliphatic rings. The zero-order valence-corrected chi connectivity index (χ0v) is 23.4. The molecular formula is C33H38N2O3. The molecule has 2 unspecified atom stereocenters. The van der Waals surface area contributed by atoms with Crippen LogP contribution >= 0.6 is 0 Å². The quantitative estimate of drug-likeness (QED) is 0.504. The van der Waals surface area contributed by atoms with Crippen LogP contribution in [-0.2, 0) is 10.8 Å². The molecule has 0 aromatic heterocycles. The van der Waals surface area contributed by atoms with Crippen molar-refractivity contribution < 1.29 is 0 Å². The Bertz CT molecular complexity index is 1520. The fourth-order valence-electron chi connectivity index (χ4n) is 6.83. The molecule has 2 aliphatic heterocycles. The SMILES string of the molecule is CCN1c2ccccc2C(C)(C)CC1C=c1c(=O)c(=O)c(=CC2CC(C)(C)c3ccccc3N2CC)c1=O. The van der Waals surface area contributed by atoms with Crippen LogP contribution < -0.4 is 36.5 Å². The Balaban J connectivity index is 1.64. The standard InChI is InChI=1S/C33H38N2O3/c1-7-34-21(19-32(3,4)25-13-9-11-15-27(25)34)17-23-29(36)24(31(38)30(23)37)18-22-20-33(5,6)26-14-10-12-16-28(26)35(22)8-2/h9-18,21-22H,7-8,19-20H2,1-6H3. The van der Waals surface area contributed by atoms with Crippen LogP contribution in [0.4, 0.5) is 11.4 Å². The molecule has 38 heavy (non-hydrogen) atoms. The Morgan fingerprint density at radius 2 is 1.03 bits per heavy atom. The zero-order chi connectivity index (χ0) is 27.4. The smallest absolute Gasteiger partial charge is 0.237 e. The van der Waals surface area contributed by atoms with Crippen molar-refractivity contribution in [1.29, 1.82) is 0 Å². The van der Waals surface area contributed by atoms with Crippen LogP contribution in [0.1, 0.15) is 65.5 Å². The summed E-state index contributed by atoms with van der Waals surface area (Å²) in [6.07, 6.45) is 5.04. The summed E-state index contributed by atoms with van der Waals surface area (Å²) >= 11 is 0. The summed E-state index contributed by atoms with van der Waals surface area (Å²) in [7, 11) is 0. The molecule has 3 aromatic rings. The van der Waals surface area contributed by atoms with Crippen LogP contribution in [-0.4, -0.2) is 25.2 Å². The maximum absolute atomic E-state index is 13.7. The lowest BCUT2D eigenvalue weighted by Gasteiger charge is -2.44. The van der Waals surface area contributed by atoms with Crippen LogP contribution in [0.5, 0.6) is 0 Å². The van der Waals surface area contributed by atoms with Gasteiger partial charge in [0.25, 0.3) is 0 Å². The number of benzene rings is 2. The first kappa shape index (κ1) is 26.1. The van der Waals surface area contributed by atoms with Crippen molar-refractivity contribution >= 4 is 23.5 Å². The second kappa shape index (κ2) is 9.37. The van der Waals surface area contributed by atoms with Gasteiger partial charge in [0.2, 0.25) is 16.3 Å². The molecule has 5 rings (SSSR count). The average Bonchev–Trinajstić information content (AvgIpc) is 3.07. The lowest BCUT2D eigenvalue weighted by atomic mass is 9.74. The van der Waals surface area contributed by atoms with E-state index in [1.807, 2.05) is 12.1 Å². The van der Waals surface area contributed by atoms with Crippen molar-refractivity contribution in [3.05, 3.63) is 101 Å². The molecule has 0 fully saturated rings. The van der Waals surface area contributed by atoms with Gasteiger partial charge >= 0.3 is 0 Å². The second-order valence-corrected chi connectivity index (χ2v) is 12.1. The third-order valence-electron chi connectivity index (χ3n) is 8.71. The van der Waals surface area contributed by atoms with Gasteiger partial charge in [-0.2, -0.15) is 0 Å². The summed E-state index contributed by atoms with van der Waals surface area (Å²) in [5.74, 6) is 0. The fourth-order valence-corrected chi connectivity index (χ4v) is 6.83. The van der Waals surface area contributed by atoms with Gasteiger partial charge in [-0.05, 0) is 72.9 Å². The molecule has 0 aliphatic carbocycles. The minimum Gasteiger partial charge on any atom is -0.365 e. The van der Waals surface area contributed by atoms with Gasteiger partial charge in [0, 0.05) is 36.5 Å². The number of rotatable bonds is 4. The second-order valence-electron chi connectivity index (χ2n) is 12.1. The molecule has 5 nitrogen and oxygen atoms in total. The highest BCUT2D eigenvalue weighted by Gasteiger charge is 2.37. The first-order valence-corrected chi connectivity index (χ1v) is 13.8. The van der Waals surface area contributed by atoms with Crippen molar-refractivity contribution in [2.45, 2.75) is 77.3 Å². The summed E-state index contributed by atoms with van der Waals surface area (Å²) in [6.45, 7) is 14.4. The lowest BCUT2D eigenvalue weighted by Crippen LogP contribution is -2.48. The number of hydrogen-bond acceptors (Lipinski definition) is 5. The van der Waals surface area contributed by atoms with Gasteiger partial charge in [0.15, 0.2) is 0 Å². The molecule has 198 valence electrons. The Labute approximate surface area is 224 Å². The van der Waals surface area contributed by atoms with Crippen molar-refractivity contribution in [3.8, 4) is 0 Å². The topological polar surface area (TPSA) is 57.7 Å². The Hall–Kier alpha value is -3.47. The molecule has 2 atom stereocenters. The Morgan fingerprint density at radius 1 is 0.658 bits per heavy atom. The van der Waals surface area contributed by atoms with E-state index in [0.717, 1.165) is 37.3 Å². The largest absolute Gasteiger partial charge is 0.365 e. The number of anilines is 2. The molecule has 2 heterocycles. The number of para-hydroxylation sites is 2. The molecular weight excluding hydrogens is 472 g/mol. The summed E-state index contributed by atoms with van der Waals surface area (Å²) in [5.41, 5.74) is 2.74. The van der Waals surface area contributed by atoms with Gasteiger partial charge in [-0.3, -0.25) is 14.4 Å². The summed E-state index contributed by atoms with van der Waals surface area (Å²) in [5, 5.41) is 0.0526. The van der Waals surface area contributed by atoms with E-state index < -0.39 is 16.3 Å². The van der Waals surface area contributed by atoms with Gasteiger partial charge < -0.3 is 9.80 Å². The van der Waals surface area contributed by atoms with Crippen LogP contribution in [0.2, 0.25) is 0 Å². The van der Waals surface area contributed by atoms with Crippen LogP contribution in [0.3, 0.4) is 0 Å². The number of hydrogen-bond donors (Lipinski definition) is 0. The predicted molar refractivity (Wildman–Crippen MR) is 158 cm³/mol. The molecule has 0 saturated carbocycles. The highest BCUT2D eigenvalue weighted by Crippen LogP contribution is 2.43. The van der Waals surface area contributed by atoms with E-state index in [1.165, 1.54) is 11.1 Å². The molecule has 0 spiro atoms. The van der Waals surface area contributed by atoms with Crippen molar-refractivity contribution in [2.24, 2.45) is 0 Å². The highest BCUT2D eigenvalue weighted by atomic mass is 16.2. The van der Waals surface area contributed by atoms with Crippen LogP contribution in [0, 0.1) is 0 Å². The van der Waals surface area contributed by atoms with Gasteiger partial charge in [-0.25, -0.2) is 0 Å². The van der Waals surface area contributed by atoms with E-state index in [2.05, 4.69) is 87.7 Å². The molecule has 0 radical (unpaired) electrons. The Morgan fingerprint density at radius 3 is 1.39 bits per heavy atom.